The van der Waals surface area contributed by atoms with Gasteiger partial charge in [0.2, 0.25) is 10.0 Å². The van der Waals surface area contributed by atoms with Crippen LogP contribution in [-0.2, 0) is 21.2 Å². The second-order valence-corrected chi connectivity index (χ2v) is 11.1. The summed E-state index contributed by atoms with van der Waals surface area (Å²) in [6.07, 6.45) is 6.08. The first-order valence-corrected chi connectivity index (χ1v) is 13.1. The van der Waals surface area contributed by atoms with Gasteiger partial charge in [-0.25, -0.2) is 13.1 Å². The summed E-state index contributed by atoms with van der Waals surface area (Å²) in [5, 5.41) is 19.4. The first kappa shape index (κ1) is 23.1. The average molecular weight is 477 g/mol. The van der Waals surface area contributed by atoms with Crippen molar-refractivity contribution in [3.63, 3.8) is 0 Å². The van der Waals surface area contributed by atoms with Crippen LogP contribution in [0, 0.1) is 0 Å². The van der Waals surface area contributed by atoms with E-state index >= 15 is 0 Å². The Morgan fingerprint density at radius 1 is 1.31 bits per heavy atom. The van der Waals surface area contributed by atoms with Crippen molar-refractivity contribution in [3.05, 3.63) is 52.2 Å². The fraction of sp³-hybridized carbons (Fsp3) is 0.455. The first-order chi connectivity index (χ1) is 15.3. The van der Waals surface area contributed by atoms with Gasteiger partial charge in [-0.15, -0.1) is 10.2 Å². The Kier molecular flexibility index (Phi) is 6.78. The molecule has 8 nitrogen and oxygen atoms in total. The van der Waals surface area contributed by atoms with Gasteiger partial charge in [-0.3, -0.25) is 0 Å². The molecule has 1 aromatic heterocycles. The normalized spacial score (nSPS) is 20.9. The van der Waals surface area contributed by atoms with Crippen molar-refractivity contribution in [2.24, 2.45) is 5.73 Å². The summed E-state index contributed by atoms with van der Waals surface area (Å²) in [7, 11) is -3.52. The quantitative estimate of drug-likeness (QED) is 0.534. The lowest BCUT2D eigenvalue weighted by molar-refractivity contribution is 0.0295. The molecule has 4 N–H and O–H groups in total. The molecule has 2 atom stereocenters. The lowest BCUT2D eigenvalue weighted by Crippen LogP contribution is -2.30. The van der Waals surface area contributed by atoms with E-state index in [-0.39, 0.29) is 24.0 Å². The Morgan fingerprint density at radius 2 is 2.09 bits per heavy atom. The van der Waals surface area contributed by atoms with Crippen LogP contribution in [0.4, 0.5) is 0 Å². The van der Waals surface area contributed by atoms with Crippen molar-refractivity contribution in [1.82, 2.24) is 14.9 Å². The second kappa shape index (κ2) is 9.40. The number of ether oxygens (including phenoxy) is 1. The highest BCUT2D eigenvalue weighted by Crippen LogP contribution is 2.40. The third-order valence-corrected chi connectivity index (χ3v) is 7.91. The van der Waals surface area contributed by atoms with E-state index in [2.05, 4.69) is 21.0 Å². The van der Waals surface area contributed by atoms with Crippen LogP contribution < -0.4 is 10.5 Å². The molecular formula is C22H28N4O4S2. The molecule has 0 spiro atoms. The predicted molar refractivity (Wildman–Crippen MR) is 125 cm³/mol. The van der Waals surface area contributed by atoms with Crippen LogP contribution in [0.3, 0.4) is 0 Å². The van der Waals surface area contributed by atoms with Gasteiger partial charge in [-0.1, -0.05) is 35.6 Å². The zero-order valence-corrected chi connectivity index (χ0v) is 19.7. The van der Waals surface area contributed by atoms with Crippen LogP contribution in [0.2, 0.25) is 0 Å². The van der Waals surface area contributed by atoms with Gasteiger partial charge < -0.3 is 15.6 Å². The highest BCUT2D eigenvalue weighted by atomic mass is 32.2. The van der Waals surface area contributed by atoms with Gasteiger partial charge in [-0.05, 0) is 50.3 Å². The second-order valence-electron chi connectivity index (χ2n) is 8.25. The maximum atomic E-state index is 12.1. The third kappa shape index (κ3) is 4.94. The van der Waals surface area contributed by atoms with Crippen molar-refractivity contribution >= 4 is 26.9 Å². The van der Waals surface area contributed by atoms with Crippen LogP contribution in [0.25, 0.3) is 16.1 Å². The monoisotopic (exact) mass is 476 g/mol. The van der Waals surface area contributed by atoms with E-state index in [1.165, 1.54) is 11.3 Å². The van der Waals surface area contributed by atoms with Gasteiger partial charge in [0.1, 0.15) is 16.1 Å². The molecule has 172 valence electrons. The number of allylic oxidation sites excluding steroid dienone is 2. The van der Waals surface area contributed by atoms with Gasteiger partial charge in [0, 0.05) is 22.9 Å². The number of aliphatic hydroxyl groups is 1. The number of aliphatic hydroxyl groups excluding tert-OH is 1. The number of hydrogen-bond acceptors (Lipinski definition) is 8. The van der Waals surface area contributed by atoms with Gasteiger partial charge in [-0.2, -0.15) is 0 Å². The van der Waals surface area contributed by atoms with Gasteiger partial charge in [0.15, 0.2) is 0 Å². The summed E-state index contributed by atoms with van der Waals surface area (Å²) >= 11 is 1.50. The lowest BCUT2D eigenvalue weighted by Gasteiger charge is -2.23. The Hall–Kier alpha value is -2.11. The molecule has 0 fully saturated rings. The molecule has 1 aromatic carbocycles. The van der Waals surface area contributed by atoms with E-state index in [9.17, 15) is 8.42 Å². The molecule has 2 aliphatic carbocycles. The summed E-state index contributed by atoms with van der Waals surface area (Å²) in [6.45, 7) is 3.58. The minimum absolute atomic E-state index is 0.104. The molecule has 0 saturated carbocycles. The van der Waals surface area contributed by atoms with Crippen molar-refractivity contribution in [2.75, 3.05) is 12.4 Å². The van der Waals surface area contributed by atoms with Crippen LogP contribution in [-0.4, -0.2) is 48.3 Å². The van der Waals surface area contributed by atoms with Crippen LogP contribution >= 0.6 is 11.3 Å². The molecule has 0 aliphatic heterocycles. The summed E-state index contributed by atoms with van der Waals surface area (Å²) in [6, 6.07) is 5.57. The number of rotatable bonds is 8. The van der Waals surface area contributed by atoms with Crippen molar-refractivity contribution in [2.45, 2.75) is 51.4 Å². The van der Waals surface area contributed by atoms with Crippen LogP contribution in [0.1, 0.15) is 48.9 Å². The molecule has 0 radical (unpaired) electrons. The van der Waals surface area contributed by atoms with Crippen LogP contribution in [0.5, 0.6) is 0 Å². The van der Waals surface area contributed by atoms with E-state index in [0.29, 0.717) is 18.5 Å². The lowest BCUT2D eigenvalue weighted by atomic mass is 10.0. The highest BCUT2D eigenvalue weighted by Gasteiger charge is 2.29. The molecule has 2 aromatic rings. The van der Waals surface area contributed by atoms with Crippen molar-refractivity contribution in [1.29, 1.82) is 0 Å². The molecule has 4 rings (SSSR count). The number of nitrogens with one attached hydrogen (secondary N) is 1. The van der Waals surface area contributed by atoms with Gasteiger partial charge >= 0.3 is 0 Å². The number of nitrogens with two attached hydrogens (primary N) is 1. The van der Waals surface area contributed by atoms with Gasteiger partial charge in [0.05, 0.1) is 18.5 Å². The van der Waals surface area contributed by atoms with E-state index in [4.69, 9.17) is 15.6 Å². The zero-order chi connectivity index (χ0) is 22.9. The SMILES string of the molecule is CC(C)OC1CC=C(c2nnc(-c3cccc4c3CC[C@@H]4NS(=O)(=O)CCO)s2)C=C1N. The highest BCUT2D eigenvalue weighted by molar-refractivity contribution is 7.89. The van der Waals surface area contributed by atoms with Crippen LogP contribution in [0.15, 0.2) is 36.0 Å². The summed E-state index contributed by atoms with van der Waals surface area (Å²) in [5.74, 6) is -0.299. The summed E-state index contributed by atoms with van der Waals surface area (Å²) < 4.78 is 32.8. The number of fused-ring (bicyclic) bond motifs is 1. The minimum atomic E-state index is -3.52. The number of benzene rings is 1. The first-order valence-electron chi connectivity index (χ1n) is 10.7. The topological polar surface area (TPSA) is 127 Å². The maximum absolute atomic E-state index is 12.1. The molecule has 32 heavy (non-hydrogen) atoms. The molecule has 2 aliphatic rings. The van der Waals surface area contributed by atoms with Crippen molar-refractivity contribution < 1.29 is 18.3 Å². The number of aromatic nitrogens is 2. The number of hydrogen-bond donors (Lipinski definition) is 3. The predicted octanol–water partition coefficient (Wildman–Crippen LogP) is 2.53. The zero-order valence-electron chi connectivity index (χ0n) is 18.1. The van der Waals surface area contributed by atoms with Gasteiger partial charge in [0.25, 0.3) is 0 Å². The third-order valence-electron chi connectivity index (χ3n) is 5.54. The molecule has 1 heterocycles. The number of sulfonamides is 1. The summed E-state index contributed by atoms with van der Waals surface area (Å²) in [4.78, 5) is 0. The molecule has 10 heteroatoms. The molecule has 0 amide bonds. The Morgan fingerprint density at radius 3 is 2.81 bits per heavy atom. The number of nitrogens with zero attached hydrogens (tertiary/aromatic N) is 2. The summed E-state index contributed by atoms with van der Waals surface area (Å²) in [5.41, 5.74) is 10.9. The van der Waals surface area contributed by atoms with E-state index in [1.54, 1.807) is 0 Å². The Bertz CT molecular complexity index is 1150. The van der Waals surface area contributed by atoms with E-state index < -0.39 is 16.6 Å². The minimum Gasteiger partial charge on any atom is -0.400 e. The maximum Gasteiger partial charge on any atom is 0.214 e. The fourth-order valence-corrected chi connectivity index (χ4v) is 6.08. The average Bonchev–Trinajstić information content (AvgIpc) is 3.37. The molecule has 0 saturated heterocycles. The standard InChI is InChI=1S/C22H28N4O4S2/c1-13(2)30-20-9-6-14(12-18(20)23)21-24-25-22(31-21)17-5-3-4-16-15(17)7-8-19(16)26-32(28,29)11-10-27/h3-6,12-13,19-20,26-27H,7-11,23H2,1-2H3/t19-,20?/m0/s1. The molecule has 1 unspecified atom stereocenters. The van der Waals surface area contributed by atoms with Crippen molar-refractivity contribution in [3.8, 4) is 10.6 Å². The van der Waals surface area contributed by atoms with E-state index in [1.807, 2.05) is 38.1 Å². The smallest absolute Gasteiger partial charge is 0.214 e. The Labute approximate surface area is 192 Å². The molecule has 0 bridgehead atoms. The fourth-order valence-electron chi connectivity index (χ4n) is 4.13. The van der Waals surface area contributed by atoms with E-state index in [0.717, 1.165) is 38.7 Å². The Balaban J connectivity index is 1.56. The largest absolute Gasteiger partial charge is 0.400 e. The molecular weight excluding hydrogens is 448 g/mol.